The van der Waals surface area contributed by atoms with Crippen LogP contribution in [0.1, 0.15) is 37.4 Å². The van der Waals surface area contributed by atoms with Crippen LogP contribution in [0.25, 0.3) is 22.0 Å². The number of nitrogens with one attached hydrogen (secondary N) is 1. The Bertz CT molecular complexity index is 1020. The van der Waals surface area contributed by atoms with Crippen LogP contribution in [0.15, 0.2) is 42.5 Å². The van der Waals surface area contributed by atoms with Crippen LogP contribution < -0.4 is 4.74 Å². The fraction of sp³-hybridized carbons (Fsp3) is 0.348. The number of ether oxygens (including phenoxy) is 2. The molecule has 1 aliphatic rings. The van der Waals surface area contributed by atoms with E-state index in [0.29, 0.717) is 13.0 Å². The molecule has 5 heteroatoms. The molecule has 0 bridgehead atoms. The predicted octanol–water partition coefficient (Wildman–Crippen LogP) is 4.89. The third-order valence-corrected chi connectivity index (χ3v) is 5.60. The van der Waals surface area contributed by atoms with Crippen molar-refractivity contribution >= 4 is 16.9 Å². The van der Waals surface area contributed by atoms with E-state index >= 15 is 0 Å². The lowest BCUT2D eigenvalue weighted by Crippen LogP contribution is -2.37. The van der Waals surface area contributed by atoms with Crippen LogP contribution in [0.2, 0.25) is 0 Å². The molecule has 1 aliphatic heterocycles. The molecule has 1 unspecified atom stereocenters. The molecule has 1 atom stereocenters. The molecule has 5 nitrogen and oxygen atoms in total. The topological polar surface area (TPSA) is 71.5 Å². The zero-order valence-corrected chi connectivity index (χ0v) is 16.2. The second-order valence-electron chi connectivity index (χ2n) is 7.32. The van der Waals surface area contributed by atoms with Crippen molar-refractivity contribution in [2.75, 3.05) is 13.7 Å². The van der Waals surface area contributed by atoms with E-state index in [-0.39, 0.29) is 6.42 Å². The third kappa shape index (κ3) is 2.96. The summed E-state index contributed by atoms with van der Waals surface area (Å²) in [5.74, 6) is -0.0210. The number of hydrogen-bond acceptors (Lipinski definition) is 3. The summed E-state index contributed by atoms with van der Waals surface area (Å²) in [5.41, 5.74) is 4.41. The van der Waals surface area contributed by atoms with Gasteiger partial charge >= 0.3 is 5.97 Å². The van der Waals surface area contributed by atoms with Gasteiger partial charge in [-0.15, -0.1) is 0 Å². The SMILES string of the molecule is CCCC1(CC(=O)O)OCCc2c1[nH]c1cccc(-c3ccccc3OC)c21. The molecule has 0 fully saturated rings. The number of benzene rings is 2. The Hall–Kier alpha value is -2.79. The molecule has 0 saturated carbocycles. The molecule has 0 aliphatic carbocycles. The van der Waals surface area contributed by atoms with Gasteiger partial charge in [0.05, 0.1) is 25.8 Å². The molecular formula is C23H25NO4. The number of hydrogen-bond donors (Lipinski definition) is 2. The highest BCUT2D eigenvalue weighted by Crippen LogP contribution is 2.45. The van der Waals surface area contributed by atoms with Gasteiger partial charge in [0.25, 0.3) is 0 Å². The zero-order chi connectivity index (χ0) is 19.7. The van der Waals surface area contributed by atoms with Gasteiger partial charge in [-0.25, -0.2) is 0 Å². The number of fused-ring (bicyclic) bond motifs is 3. The monoisotopic (exact) mass is 379 g/mol. The van der Waals surface area contributed by atoms with Crippen molar-refractivity contribution in [2.24, 2.45) is 0 Å². The van der Waals surface area contributed by atoms with Crippen LogP contribution in [0.5, 0.6) is 5.75 Å². The highest BCUT2D eigenvalue weighted by molar-refractivity contribution is 6.00. The number of aromatic nitrogens is 1. The molecule has 28 heavy (non-hydrogen) atoms. The van der Waals surface area contributed by atoms with Crippen LogP contribution in [0, 0.1) is 0 Å². The maximum Gasteiger partial charge on any atom is 0.306 e. The summed E-state index contributed by atoms with van der Waals surface area (Å²) in [7, 11) is 1.68. The van der Waals surface area contributed by atoms with Gasteiger partial charge in [0, 0.05) is 16.5 Å². The molecule has 2 aromatic carbocycles. The quantitative estimate of drug-likeness (QED) is 0.640. The van der Waals surface area contributed by atoms with E-state index < -0.39 is 11.6 Å². The maximum absolute atomic E-state index is 11.6. The summed E-state index contributed by atoms with van der Waals surface area (Å²) >= 11 is 0. The minimum Gasteiger partial charge on any atom is -0.496 e. The van der Waals surface area contributed by atoms with E-state index in [1.807, 2.05) is 30.3 Å². The van der Waals surface area contributed by atoms with Crippen molar-refractivity contribution < 1.29 is 19.4 Å². The summed E-state index contributed by atoms with van der Waals surface area (Å²) < 4.78 is 11.7. The summed E-state index contributed by atoms with van der Waals surface area (Å²) in [6.07, 6.45) is 2.24. The fourth-order valence-electron chi connectivity index (χ4n) is 4.54. The van der Waals surface area contributed by atoms with Crippen molar-refractivity contribution in [3.8, 4) is 16.9 Å². The Morgan fingerprint density at radius 3 is 2.75 bits per heavy atom. The molecule has 1 aromatic heterocycles. The number of carboxylic acids is 1. The molecular weight excluding hydrogens is 354 g/mol. The zero-order valence-electron chi connectivity index (χ0n) is 16.2. The van der Waals surface area contributed by atoms with Crippen molar-refractivity contribution in [3.63, 3.8) is 0 Å². The van der Waals surface area contributed by atoms with Crippen molar-refractivity contribution in [3.05, 3.63) is 53.7 Å². The van der Waals surface area contributed by atoms with E-state index in [1.165, 1.54) is 0 Å². The van der Waals surface area contributed by atoms with Gasteiger partial charge < -0.3 is 19.6 Å². The standard InChI is InChI=1S/C23H25NO4/c1-3-12-23(14-20(25)26)22-17(11-13-28-23)21-16(8-6-9-18(21)24-22)15-7-4-5-10-19(15)27-2/h4-10,24H,3,11-14H2,1-2H3,(H,25,26). The average Bonchev–Trinajstić information content (AvgIpc) is 3.08. The number of rotatable bonds is 6. The Kier molecular flexibility index (Phi) is 4.85. The smallest absolute Gasteiger partial charge is 0.306 e. The second-order valence-corrected chi connectivity index (χ2v) is 7.32. The van der Waals surface area contributed by atoms with E-state index in [4.69, 9.17) is 9.47 Å². The first-order valence-corrected chi connectivity index (χ1v) is 9.73. The number of H-pyrrole nitrogens is 1. The summed E-state index contributed by atoms with van der Waals surface area (Å²) in [5, 5.41) is 10.7. The van der Waals surface area contributed by atoms with Crippen LogP contribution in [0.4, 0.5) is 0 Å². The molecule has 2 heterocycles. The van der Waals surface area contributed by atoms with Crippen molar-refractivity contribution in [1.82, 2.24) is 4.98 Å². The third-order valence-electron chi connectivity index (χ3n) is 5.60. The van der Waals surface area contributed by atoms with Crippen molar-refractivity contribution in [1.29, 1.82) is 0 Å². The highest BCUT2D eigenvalue weighted by Gasteiger charge is 2.41. The summed E-state index contributed by atoms with van der Waals surface area (Å²) in [4.78, 5) is 15.1. The number of para-hydroxylation sites is 1. The maximum atomic E-state index is 11.6. The Morgan fingerprint density at radius 2 is 2.00 bits per heavy atom. The molecule has 0 saturated heterocycles. The predicted molar refractivity (Wildman–Crippen MR) is 109 cm³/mol. The van der Waals surface area contributed by atoms with Crippen LogP contribution in [-0.4, -0.2) is 29.8 Å². The van der Waals surface area contributed by atoms with Gasteiger partial charge in [-0.05, 0) is 36.1 Å². The largest absolute Gasteiger partial charge is 0.496 e. The van der Waals surface area contributed by atoms with E-state index in [2.05, 4.69) is 24.0 Å². The lowest BCUT2D eigenvalue weighted by atomic mass is 9.84. The first-order valence-electron chi connectivity index (χ1n) is 9.73. The first kappa shape index (κ1) is 18.6. The lowest BCUT2D eigenvalue weighted by molar-refractivity contribution is -0.149. The minimum absolute atomic E-state index is 0.0371. The average molecular weight is 379 g/mol. The Labute approximate surface area is 164 Å². The molecule has 4 rings (SSSR count). The lowest BCUT2D eigenvalue weighted by Gasteiger charge is -2.36. The van der Waals surface area contributed by atoms with Gasteiger partial charge in [-0.3, -0.25) is 4.79 Å². The number of methoxy groups -OCH3 is 1. The number of aliphatic carboxylic acids is 1. The Balaban J connectivity index is 1.97. The van der Waals surface area contributed by atoms with Crippen LogP contribution in [0.3, 0.4) is 0 Å². The number of aromatic amines is 1. The van der Waals surface area contributed by atoms with Crippen LogP contribution >= 0.6 is 0 Å². The van der Waals surface area contributed by atoms with E-state index in [0.717, 1.165) is 51.9 Å². The summed E-state index contributed by atoms with van der Waals surface area (Å²) in [6, 6.07) is 14.1. The number of carboxylic acid groups (broad SMARTS) is 1. The molecule has 0 spiro atoms. The molecule has 3 aromatic rings. The van der Waals surface area contributed by atoms with Crippen LogP contribution in [-0.2, 0) is 21.6 Å². The number of carbonyl (C=O) groups is 1. The Morgan fingerprint density at radius 1 is 1.21 bits per heavy atom. The molecule has 2 N–H and O–H groups in total. The normalized spacial score (nSPS) is 18.8. The molecule has 0 radical (unpaired) electrons. The van der Waals surface area contributed by atoms with Crippen molar-refractivity contribution in [2.45, 2.75) is 38.2 Å². The van der Waals surface area contributed by atoms with Gasteiger partial charge in [-0.1, -0.05) is 43.7 Å². The molecule has 0 amide bonds. The minimum atomic E-state index is -0.843. The summed E-state index contributed by atoms with van der Waals surface area (Å²) in [6.45, 7) is 2.58. The van der Waals surface area contributed by atoms with Gasteiger partial charge in [0.1, 0.15) is 11.4 Å². The second kappa shape index (κ2) is 7.32. The van der Waals surface area contributed by atoms with E-state index in [9.17, 15) is 9.90 Å². The highest BCUT2D eigenvalue weighted by atomic mass is 16.5. The van der Waals surface area contributed by atoms with Gasteiger partial charge in [0.2, 0.25) is 0 Å². The fourth-order valence-corrected chi connectivity index (χ4v) is 4.54. The molecule has 146 valence electrons. The van der Waals surface area contributed by atoms with E-state index in [1.54, 1.807) is 7.11 Å². The van der Waals surface area contributed by atoms with Gasteiger partial charge in [-0.2, -0.15) is 0 Å². The first-order chi connectivity index (χ1) is 13.6. The van der Waals surface area contributed by atoms with Gasteiger partial charge in [0.15, 0.2) is 0 Å².